The highest BCUT2D eigenvalue weighted by atomic mass is 16.5. The van der Waals surface area contributed by atoms with Gasteiger partial charge in [0, 0.05) is 17.1 Å². The summed E-state index contributed by atoms with van der Waals surface area (Å²) in [6.45, 7) is 1.80. The van der Waals surface area contributed by atoms with Gasteiger partial charge in [-0.15, -0.1) is 0 Å². The van der Waals surface area contributed by atoms with Crippen LogP contribution in [0.15, 0.2) is 71.4 Å². The summed E-state index contributed by atoms with van der Waals surface area (Å²) in [5.74, 6) is 0.540. The molecule has 2 heterocycles. The predicted octanol–water partition coefficient (Wildman–Crippen LogP) is 3.78. The minimum absolute atomic E-state index is 0.193. The number of hydrogen-bond acceptors (Lipinski definition) is 5. The third-order valence-corrected chi connectivity index (χ3v) is 4.08. The first-order chi connectivity index (χ1) is 12.7. The molecule has 0 radical (unpaired) electrons. The van der Waals surface area contributed by atoms with E-state index in [2.05, 4.69) is 20.4 Å². The molecule has 6 nitrogen and oxygen atoms in total. The van der Waals surface area contributed by atoms with Crippen LogP contribution < -0.4 is 5.32 Å². The van der Waals surface area contributed by atoms with Crippen molar-refractivity contribution in [3.63, 3.8) is 0 Å². The first-order valence-electron chi connectivity index (χ1n) is 8.26. The van der Waals surface area contributed by atoms with Crippen molar-refractivity contribution in [3.05, 3.63) is 78.3 Å². The van der Waals surface area contributed by atoms with Gasteiger partial charge >= 0.3 is 0 Å². The molecule has 26 heavy (non-hydrogen) atoms. The van der Waals surface area contributed by atoms with Crippen molar-refractivity contribution < 1.29 is 9.32 Å². The van der Waals surface area contributed by atoms with Crippen LogP contribution in [0.2, 0.25) is 0 Å². The SMILES string of the molecule is CC(NC(=O)c1ccccc1)c1nc(-c2nccc3ccccc23)no1. The highest BCUT2D eigenvalue weighted by Crippen LogP contribution is 2.25. The van der Waals surface area contributed by atoms with E-state index in [-0.39, 0.29) is 5.91 Å². The molecule has 0 aliphatic heterocycles. The summed E-state index contributed by atoms with van der Waals surface area (Å²) >= 11 is 0. The van der Waals surface area contributed by atoms with Gasteiger partial charge in [-0.1, -0.05) is 47.6 Å². The van der Waals surface area contributed by atoms with Crippen molar-refractivity contribution >= 4 is 16.7 Å². The van der Waals surface area contributed by atoms with Crippen molar-refractivity contribution in [3.8, 4) is 11.5 Å². The zero-order valence-corrected chi connectivity index (χ0v) is 14.1. The van der Waals surface area contributed by atoms with Crippen molar-refractivity contribution in [2.24, 2.45) is 0 Å². The second kappa shape index (κ2) is 6.76. The van der Waals surface area contributed by atoms with E-state index in [9.17, 15) is 4.79 Å². The third kappa shape index (κ3) is 3.04. The smallest absolute Gasteiger partial charge is 0.251 e. The highest BCUT2D eigenvalue weighted by Gasteiger charge is 2.19. The lowest BCUT2D eigenvalue weighted by atomic mass is 10.1. The third-order valence-electron chi connectivity index (χ3n) is 4.08. The van der Waals surface area contributed by atoms with Gasteiger partial charge in [0.2, 0.25) is 11.7 Å². The fourth-order valence-corrected chi connectivity index (χ4v) is 2.74. The van der Waals surface area contributed by atoms with Crippen LogP contribution >= 0.6 is 0 Å². The Labute approximate surface area is 149 Å². The molecule has 0 spiro atoms. The van der Waals surface area contributed by atoms with Gasteiger partial charge in [-0.25, -0.2) is 0 Å². The molecule has 0 fully saturated rings. The van der Waals surface area contributed by atoms with Gasteiger partial charge < -0.3 is 9.84 Å². The molecule has 4 aromatic rings. The molecule has 0 saturated heterocycles. The lowest BCUT2D eigenvalue weighted by molar-refractivity contribution is 0.0932. The Kier molecular flexibility index (Phi) is 4.15. The van der Waals surface area contributed by atoms with E-state index in [1.807, 2.05) is 48.5 Å². The van der Waals surface area contributed by atoms with Crippen LogP contribution in [0.25, 0.3) is 22.3 Å². The molecule has 2 aromatic carbocycles. The molecule has 0 bridgehead atoms. The number of pyridine rings is 1. The lowest BCUT2D eigenvalue weighted by Gasteiger charge is -2.09. The molecule has 1 N–H and O–H groups in total. The summed E-state index contributed by atoms with van der Waals surface area (Å²) < 4.78 is 5.35. The second-order valence-corrected chi connectivity index (χ2v) is 5.90. The maximum atomic E-state index is 12.3. The zero-order chi connectivity index (χ0) is 17.9. The number of fused-ring (bicyclic) bond motifs is 1. The maximum Gasteiger partial charge on any atom is 0.251 e. The normalized spacial score (nSPS) is 12.0. The standard InChI is InChI=1S/C20H16N4O2/c1-13(22-19(25)15-8-3-2-4-9-15)20-23-18(24-26-20)17-16-10-6-5-7-14(16)11-12-21-17/h2-13H,1H3,(H,22,25). The Morgan fingerprint density at radius 1 is 1.04 bits per heavy atom. The number of carbonyl (C=O) groups is 1. The number of nitrogens with zero attached hydrogens (tertiary/aromatic N) is 3. The minimum atomic E-state index is -0.418. The van der Waals surface area contributed by atoms with E-state index in [1.165, 1.54) is 0 Å². The highest BCUT2D eigenvalue weighted by molar-refractivity contribution is 5.94. The largest absolute Gasteiger partial charge is 0.341 e. The Morgan fingerprint density at radius 2 is 1.81 bits per heavy atom. The number of nitrogens with one attached hydrogen (secondary N) is 1. The van der Waals surface area contributed by atoms with E-state index in [0.717, 1.165) is 10.8 Å². The lowest BCUT2D eigenvalue weighted by Crippen LogP contribution is -2.26. The summed E-state index contributed by atoms with van der Waals surface area (Å²) in [5, 5.41) is 8.89. The average molecular weight is 344 g/mol. The number of benzene rings is 2. The number of carbonyl (C=O) groups excluding carboxylic acids is 1. The van der Waals surface area contributed by atoms with Crippen LogP contribution in [-0.2, 0) is 0 Å². The molecular weight excluding hydrogens is 328 g/mol. The van der Waals surface area contributed by atoms with E-state index in [4.69, 9.17) is 4.52 Å². The molecule has 0 aliphatic carbocycles. The molecule has 1 atom stereocenters. The molecule has 2 aromatic heterocycles. The van der Waals surface area contributed by atoms with Gasteiger partial charge in [-0.3, -0.25) is 9.78 Å². The van der Waals surface area contributed by atoms with Crippen LogP contribution in [0, 0.1) is 0 Å². The molecule has 0 saturated carbocycles. The summed E-state index contributed by atoms with van der Waals surface area (Å²) in [4.78, 5) is 21.1. The topological polar surface area (TPSA) is 80.9 Å². The average Bonchev–Trinajstić information content (AvgIpc) is 3.18. The van der Waals surface area contributed by atoms with Crippen molar-refractivity contribution in [2.75, 3.05) is 0 Å². The summed E-state index contributed by atoms with van der Waals surface area (Å²) in [5.41, 5.74) is 1.23. The Bertz CT molecular complexity index is 1050. The summed E-state index contributed by atoms with van der Waals surface area (Å²) in [6.07, 6.45) is 1.72. The number of amides is 1. The van der Waals surface area contributed by atoms with E-state index < -0.39 is 6.04 Å². The van der Waals surface area contributed by atoms with Crippen LogP contribution in [0.4, 0.5) is 0 Å². The summed E-state index contributed by atoms with van der Waals surface area (Å²) in [7, 11) is 0. The predicted molar refractivity (Wildman–Crippen MR) is 97.4 cm³/mol. The van der Waals surface area contributed by atoms with Gasteiger partial charge in [-0.2, -0.15) is 4.98 Å². The molecule has 4 rings (SSSR count). The van der Waals surface area contributed by atoms with Crippen LogP contribution in [-0.4, -0.2) is 21.0 Å². The van der Waals surface area contributed by atoms with E-state index >= 15 is 0 Å². The number of aromatic nitrogens is 3. The van der Waals surface area contributed by atoms with Gasteiger partial charge in [-0.05, 0) is 30.5 Å². The molecular formula is C20H16N4O2. The van der Waals surface area contributed by atoms with Gasteiger partial charge in [0.25, 0.3) is 5.91 Å². The monoisotopic (exact) mass is 344 g/mol. The van der Waals surface area contributed by atoms with Crippen LogP contribution in [0.3, 0.4) is 0 Å². The van der Waals surface area contributed by atoms with E-state index in [1.54, 1.807) is 25.3 Å². The van der Waals surface area contributed by atoms with Crippen molar-refractivity contribution in [1.29, 1.82) is 0 Å². The molecule has 6 heteroatoms. The molecule has 1 unspecified atom stereocenters. The fourth-order valence-electron chi connectivity index (χ4n) is 2.74. The van der Waals surface area contributed by atoms with Crippen molar-refractivity contribution in [1.82, 2.24) is 20.4 Å². The second-order valence-electron chi connectivity index (χ2n) is 5.90. The number of rotatable bonds is 4. The van der Waals surface area contributed by atoms with Gasteiger partial charge in [0.15, 0.2) is 0 Å². The van der Waals surface area contributed by atoms with Gasteiger partial charge in [0.1, 0.15) is 11.7 Å². The first-order valence-corrected chi connectivity index (χ1v) is 8.26. The quantitative estimate of drug-likeness (QED) is 0.609. The molecule has 0 aliphatic rings. The van der Waals surface area contributed by atoms with Crippen LogP contribution in [0.1, 0.15) is 29.2 Å². The first kappa shape index (κ1) is 16.0. The fraction of sp³-hybridized carbons (Fsp3) is 0.100. The minimum Gasteiger partial charge on any atom is -0.341 e. The van der Waals surface area contributed by atoms with Crippen LogP contribution in [0.5, 0.6) is 0 Å². The van der Waals surface area contributed by atoms with Crippen molar-refractivity contribution in [2.45, 2.75) is 13.0 Å². The molecule has 1 amide bonds. The molecule has 128 valence electrons. The zero-order valence-electron chi connectivity index (χ0n) is 14.1. The maximum absolute atomic E-state index is 12.3. The number of hydrogen-bond donors (Lipinski definition) is 1. The Hall–Kier alpha value is -3.54. The Morgan fingerprint density at radius 3 is 2.65 bits per heavy atom. The summed E-state index contributed by atoms with van der Waals surface area (Å²) in [6, 6.07) is 18.4. The Balaban J connectivity index is 1.58. The van der Waals surface area contributed by atoms with E-state index in [0.29, 0.717) is 23.0 Å². The van der Waals surface area contributed by atoms with Gasteiger partial charge in [0.05, 0.1) is 0 Å².